The van der Waals surface area contributed by atoms with Gasteiger partial charge in [-0.2, -0.15) is 0 Å². The van der Waals surface area contributed by atoms with Gasteiger partial charge in [0.15, 0.2) is 5.11 Å². The number of rotatable bonds is 7. The molecule has 0 unspecified atom stereocenters. The predicted octanol–water partition coefficient (Wildman–Crippen LogP) is 5.08. The van der Waals surface area contributed by atoms with E-state index in [2.05, 4.69) is 20.5 Å². The van der Waals surface area contributed by atoms with Crippen LogP contribution in [0.4, 0.5) is 15.8 Å². The van der Waals surface area contributed by atoms with Gasteiger partial charge in [0.25, 0.3) is 0 Å². The SMILES string of the molecule is COCC(=O)Nc1ccc(N2C(=S)N[C@H](c3ccccn3)[C@H]2c2cccn2-c2ccc(F)cc2)cc1C. The summed E-state index contributed by atoms with van der Waals surface area (Å²) in [5.74, 6) is -0.510. The summed E-state index contributed by atoms with van der Waals surface area (Å²) >= 11 is 5.85. The zero-order valence-corrected chi connectivity index (χ0v) is 21.2. The van der Waals surface area contributed by atoms with E-state index < -0.39 is 0 Å². The molecule has 4 aromatic rings. The number of halogens is 1. The fourth-order valence-electron chi connectivity index (χ4n) is 4.66. The van der Waals surface area contributed by atoms with E-state index in [1.54, 1.807) is 18.3 Å². The number of nitrogens with one attached hydrogen (secondary N) is 2. The Morgan fingerprint density at radius 1 is 1.11 bits per heavy atom. The topological polar surface area (TPSA) is 71.4 Å². The molecule has 0 aliphatic carbocycles. The maximum absolute atomic E-state index is 13.7. The van der Waals surface area contributed by atoms with Crippen LogP contribution in [-0.4, -0.2) is 34.3 Å². The van der Waals surface area contributed by atoms with Gasteiger partial charge in [-0.25, -0.2) is 4.39 Å². The molecule has 1 saturated heterocycles. The maximum atomic E-state index is 13.7. The minimum Gasteiger partial charge on any atom is -0.375 e. The first kappa shape index (κ1) is 24.6. The number of carbonyl (C=O) groups is 1. The van der Waals surface area contributed by atoms with Crippen molar-refractivity contribution in [2.45, 2.75) is 19.0 Å². The zero-order chi connectivity index (χ0) is 25.9. The molecule has 2 aromatic heterocycles. The van der Waals surface area contributed by atoms with Gasteiger partial charge in [0.2, 0.25) is 5.91 Å². The monoisotopic (exact) mass is 515 g/mol. The van der Waals surface area contributed by atoms with Crippen molar-refractivity contribution in [2.75, 3.05) is 23.9 Å². The van der Waals surface area contributed by atoms with Crippen LogP contribution < -0.4 is 15.5 Å². The van der Waals surface area contributed by atoms with Gasteiger partial charge in [-0.15, -0.1) is 0 Å². The van der Waals surface area contributed by atoms with Crippen molar-refractivity contribution < 1.29 is 13.9 Å². The van der Waals surface area contributed by atoms with Gasteiger partial charge < -0.3 is 24.8 Å². The van der Waals surface area contributed by atoms with E-state index in [1.165, 1.54) is 19.2 Å². The number of aryl methyl sites for hydroxylation is 1. The molecule has 37 heavy (non-hydrogen) atoms. The van der Waals surface area contributed by atoms with Crippen molar-refractivity contribution in [3.63, 3.8) is 0 Å². The van der Waals surface area contributed by atoms with E-state index in [4.69, 9.17) is 17.0 Å². The molecule has 2 aromatic carbocycles. The van der Waals surface area contributed by atoms with Gasteiger partial charge in [-0.1, -0.05) is 6.07 Å². The van der Waals surface area contributed by atoms with Crippen LogP contribution in [0.1, 0.15) is 29.0 Å². The molecule has 188 valence electrons. The summed E-state index contributed by atoms with van der Waals surface area (Å²) < 4.78 is 20.6. The number of pyridine rings is 1. The lowest BCUT2D eigenvalue weighted by molar-refractivity contribution is -0.119. The fraction of sp³-hybridized carbons (Fsp3) is 0.179. The molecule has 9 heteroatoms. The minimum absolute atomic E-state index is 0.0183. The van der Waals surface area contributed by atoms with E-state index in [0.717, 1.165) is 28.3 Å². The lowest BCUT2D eigenvalue weighted by Crippen LogP contribution is -2.30. The number of hydrogen-bond donors (Lipinski definition) is 2. The number of carbonyl (C=O) groups excluding carboxylic acids is 1. The molecular weight excluding hydrogens is 489 g/mol. The number of benzene rings is 2. The molecule has 0 bridgehead atoms. The smallest absolute Gasteiger partial charge is 0.250 e. The first-order chi connectivity index (χ1) is 18.0. The second-order valence-corrected chi connectivity index (χ2v) is 9.14. The van der Waals surface area contributed by atoms with E-state index in [0.29, 0.717) is 10.8 Å². The summed E-state index contributed by atoms with van der Waals surface area (Å²) in [5.41, 5.74) is 5.12. The van der Waals surface area contributed by atoms with Crippen LogP contribution in [0.5, 0.6) is 0 Å². The molecule has 3 heterocycles. The van der Waals surface area contributed by atoms with E-state index in [1.807, 2.05) is 66.2 Å². The Balaban J connectivity index is 1.58. The van der Waals surface area contributed by atoms with Crippen LogP contribution in [0.2, 0.25) is 0 Å². The minimum atomic E-state index is -0.290. The van der Waals surface area contributed by atoms with Crippen LogP contribution in [0.15, 0.2) is 85.2 Å². The molecule has 1 aliphatic heterocycles. The summed E-state index contributed by atoms with van der Waals surface area (Å²) in [6.07, 6.45) is 3.72. The number of thiocarbonyl (C=S) groups is 1. The maximum Gasteiger partial charge on any atom is 0.250 e. The molecule has 2 N–H and O–H groups in total. The van der Waals surface area contributed by atoms with E-state index in [-0.39, 0.29) is 30.4 Å². The van der Waals surface area contributed by atoms with Gasteiger partial charge in [0, 0.05) is 42.3 Å². The Bertz CT molecular complexity index is 1420. The Morgan fingerprint density at radius 3 is 2.59 bits per heavy atom. The standard InChI is InChI=1S/C28H26FN5O2S/c1-18-16-21(12-13-22(18)31-25(35)17-36-2)34-27(26(32-28(34)37)23-6-3-4-14-30-23)24-7-5-15-33(24)20-10-8-19(29)9-11-20/h3-16,26-27H,17H2,1-2H3,(H,31,35)(H,32,37)/t26-,27-/m1/s1. The Hall–Kier alpha value is -4.08. The van der Waals surface area contributed by atoms with Crippen LogP contribution in [0.3, 0.4) is 0 Å². The van der Waals surface area contributed by atoms with Gasteiger partial charge in [-0.3, -0.25) is 9.78 Å². The van der Waals surface area contributed by atoms with Gasteiger partial charge in [-0.05, 0) is 91.4 Å². The lowest BCUT2D eigenvalue weighted by atomic mass is 10.00. The van der Waals surface area contributed by atoms with Crippen molar-refractivity contribution in [1.29, 1.82) is 0 Å². The highest BCUT2D eigenvalue weighted by molar-refractivity contribution is 7.80. The summed E-state index contributed by atoms with van der Waals surface area (Å²) in [5, 5.41) is 6.89. The lowest BCUT2D eigenvalue weighted by Gasteiger charge is -2.29. The normalized spacial score (nSPS) is 17.1. The Morgan fingerprint density at radius 2 is 1.89 bits per heavy atom. The molecule has 1 aliphatic rings. The van der Waals surface area contributed by atoms with Gasteiger partial charge in [0.05, 0.1) is 11.7 Å². The number of nitrogens with zero attached hydrogens (tertiary/aromatic N) is 3. The van der Waals surface area contributed by atoms with Crippen molar-refractivity contribution >= 4 is 34.6 Å². The highest BCUT2D eigenvalue weighted by atomic mass is 32.1. The molecule has 1 fully saturated rings. The van der Waals surface area contributed by atoms with Crippen molar-refractivity contribution in [3.8, 4) is 5.69 Å². The molecular formula is C28H26FN5O2S. The first-order valence-electron chi connectivity index (χ1n) is 11.8. The van der Waals surface area contributed by atoms with Crippen LogP contribution in [-0.2, 0) is 9.53 Å². The number of aromatic nitrogens is 2. The molecule has 5 rings (SSSR count). The molecule has 7 nitrogen and oxygen atoms in total. The third-order valence-electron chi connectivity index (χ3n) is 6.32. The largest absolute Gasteiger partial charge is 0.375 e. The Kier molecular flexibility index (Phi) is 6.98. The fourth-order valence-corrected chi connectivity index (χ4v) is 5.01. The average molecular weight is 516 g/mol. The van der Waals surface area contributed by atoms with Crippen LogP contribution in [0, 0.1) is 12.7 Å². The third-order valence-corrected chi connectivity index (χ3v) is 6.64. The second-order valence-electron chi connectivity index (χ2n) is 8.76. The quantitative estimate of drug-likeness (QED) is 0.335. The summed E-state index contributed by atoms with van der Waals surface area (Å²) in [6.45, 7) is 1.92. The average Bonchev–Trinajstić information content (AvgIpc) is 3.51. The summed E-state index contributed by atoms with van der Waals surface area (Å²) in [7, 11) is 1.48. The highest BCUT2D eigenvalue weighted by Crippen LogP contribution is 2.42. The van der Waals surface area contributed by atoms with E-state index >= 15 is 0 Å². The first-order valence-corrected chi connectivity index (χ1v) is 12.2. The van der Waals surface area contributed by atoms with Crippen LogP contribution >= 0.6 is 12.2 Å². The van der Waals surface area contributed by atoms with Gasteiger partial charge >= 0.3 is 0 Å². The molecule has 0 spiro atoms. The number of methoxy groups -OCH3 is 1. The summed E-state index contributed by atoms with van der Waals surface area (Å²) in [6, 6.07) is 21.5. The van der Waals surface area contributed by atoms with Crippen molar-refractivity contribution in [1.82, 2.24) is 14.9 Å². The molecule has 1 amide bonds. The third kappa shape index (κ3) is 4.96. The van der Waals surface area contributed by atoms with Crippen molar-refractivity contribution in [3.05, 3.63) is 108 Å². The van der Waals surface area contributed by atoms with E-state index in [9.17, 15) is 9.18 Å². The number of anilines is 2. The van der Waals surface area contributed by atoms with Crippen LogP contribution in [0.25, 0.3) is 5.69 Å². The second kappa shape index (κ2) is 10.5. The summed E-state index contributed by atoms with van der Waals surface area (Å²) in [4.78, 5) is 18.7. The number of hydrogen-bond acceptors (Lipinski definition) is 4. The van der Waals surface area contributed by atoms with Crippen molar-refractivity contribution in [2.24, 2.45) is 0 Å². The highest BCUT2D eigenvalue weighted by Gasteiger charge is 2.42. The predicted molar refractivity (Wildman–Crippen MR) is 145 cm³/mol. The Labute approximate surface area is 219 Å². The zero-order valence-electron chi connectivity index (χ0n) is 20.4. The number of ether oxygens (including phenoxy) is 1. The molecule has 0 radical (unpaired) electrons. The van der Waals surface area contributed by atoms with Gasteiger partial charge in [0.1, 0.15) is 18.5 Å². The number of amides is 1. The molecule has 2 atom stereocenters. The molecule has 0 saturated carbocycles.